The van der Waals surface area contributed by atoms with Crippen molar-refractivity contribution < 1.29 is 9.90 Å². The molecule has 116 valence electrons. The van der Waals surface area contributed by atoms with Crippen LogP contribution in [0, 0.1) is 12.8 Å². The molecule has 3 rings (SSSR count). The Morgan fingerprint density at radius 1 is 1.45 bits per heavy atom. The number of aliphatic hydroxyl groups is 1. The minimum atomic E-state index is -0.104. The van der Waals surface area contributed by atoms with Gasteiger partial charge in [0.1, 0.15) is 0 Å². The molecule has 2 heterocycles. The number of carbonyl (C=O) groups excluding carboxylic acids is 1. The molecular weight excluding hydrogens is 298 g/mol. The van der Waals surface area contributed by atoms with Crippen LogP contribution in [0.1, 0.15) is 11.4 Å². The summed E-state index contributed by atoms with van der Waals surface area (Å²) in [4.78, 5) is 18.4. The van der Waals surface area contributed by atoms with Crippen LogP contribution in [0.3, 0.4) is 0 Å². The number of aromatic nitrogens is 1. The monoisotopic (exact) mass is 317 g/mol. The lowest BCUT2D eigenvalue weighted by atomic mass is 10.1. The van der Waals surface area contributed by atoms with Crippen LogP contribution >= 0.6 is 11.3 Å². The predicted octanol–water partition coefficient (Wildman–Crippen LogP) is 2.96. The summed E-state index contributed by atoms with van der Waals surface area (Å²) in [6.07, 6.45) is 0.867. The molecule has 6 heteroatoms. The lowest BCUT2D eigenvalue weighted by Crippen LogP contribution is -2.33. The molecule has 1 aliphatic heterocycles. The number of thiazole rings is 1. The van der Waals surface area contributed by atoms with Gasteiger partial charge < -0.3 is 15.3 Å². The Labute approximate surface area is 133 Å². The number of urea groups is 1. The number of nitrogens with zero attached hydrogens (tertiary/aromatic N) is 2. The summed E-state index contributed by atoms with van der Waals surface area (Å²) >= 11 is 1.63. The van der Waals surface area contributed by atoms with Crippen molar-refractivity contribution in [3.63, 3.8) is 0 Å². The van der Waals surface area contributed by atoms with E-state index < -0.39 is 0 Å². The Morgan fingerprint density at radius 2 is 2.23 bits per heavy atom. The first-order valence-corrected chi connectivity index (χ1v) is 8.23. The molecule has 2 N–H and O–H groups in total. The van der Waals surface area contributed by atoms with Crippen LogP contribution in [0.5, 0.6) is 0 Å². The number of aliphatic hydroxyl groups excluding tert-OH is 1. The number of likely N-dealkylation sites (tertiary alicyclic amines) is 1. The second-order valence-electron chi connectivity index (χ2n) is 5.54. The molecule has 1 aromatic carbocycles. The summed E-state index contributed by atoms with van der Waals surface area (Å²) in [5.74, 6) is 0.209. The van der Waals surface area contributed by atoms with Crippen molar-refractivity contribution in [2.24, 2.45) is 5.92 Å². The fourth-order valence-corrected chi connectivity index (χ4v) is 3.21. The lowest BCUT2D eigenvalue weighted by Gasteiger charge is -2.17. The van der Waals surface area contributed by atoms with Gasteiger partial charge in [0.25, 0.3) is 0 Å². The Bertz CT molecular complexity index is 654. The Hall–Kier alpha value is -1.92. The first-order valence-electron chi connectivity index (χ1n) is 7.35. The molecule has 1 unspecified atom stereocenters. The third-order valence-electron chi connectivity index (χ3n) is 3.88. The van der Waals surface area contributed by atoms with Crippen LogP contribution in [-0.4, -0.2) is 40.7 Å². The van der Waals surface area contributed by atoms with Gasteiger partial charge in [-0.15, -0.1) is 11.3 Å². The van der Waals surface area contributed by atoms with E-state index in [1.807, 2.05) is 36.6 Å². The molecule has 0 radical (unpaired) electrons. The van der Waals surface area contributed by atoms with Crippen molar-refractivity contribution in [3.05, 3.63) is 34.7 Å². The lowest BCUT2D eigenvalue weighted by molar-refractivity contribution is 0.209. The zero-order valence-electron chi connectivity index (χ0n) is 12.5. The average molecular weight is 317 g/mol. The zero-order valence-corrected chi connectivity index (χ0v) is 13.3. The Morgan fingerprint density at radius 3 is 2.82 bits per heavy atom. The summed E-state index contributed by atoms with van der Waals surface area (Å²) in [6.45, 7) is 3.45. The number of anilines is 1. The first kappa shape index (κ1) is 15.0. The van der Waals surface area contributed by atoms with E-state index in [4.69, 9.17) is 5.11 Å². The first-order chi connectivity index (χ1) is 10.7. The van der Waals surface area contributed by atoms with Crippen LogP contribution in [0.2, 0.25) is 0 Å². The molecule has 2 aromatic rings. The van der Waals surface area contributed by atoms with E-state index in [0.29, 0.717) is 13.1 Å². The third kappa shape index (κ3) is 3.28. The molecule has 1 aliphatic rings. The summed E-state index contributed by atoms with van der Waals surface area (Å²) in [7, 11) is 0. The molecule has 1 fully saturated rings. The van der Waals surface area contributed by atoms with Gasteiger partial charge in [0.15, 0.2) is 0 Å². The second-order valence-corrected chi connectivity index (χ2v) is 6.60. The standard InChI is InChI=1S/C16H19N3O2S/c1-11-17-15(10-22-11)13-2-4-14(5-3-13)18-16(21)19-7-6-12(8-19)9-20/h2-5,10,12,20H,6-9H2,1H3,(H,18,21). The van der Waals surface area contributed by atoms with Crippen molar-refractivity contribution in [3.8, 4) is 11.3 Å². The van der Waals surface area contributed by atoms with Gasteiger partial charge in [0, 0.05) is 42.2 Å². The fourth-order valence-electron chi connectivity index (χ4n) is 2.59. The number of carbonyl (C=O) groups is 1. The number of rotatable bonds is 3. The Kier molecular flexibility index (Phi) is 4.40. The third-order valence-corrected chi connectivity index (χ3v) is 4.66. The van der Waals surface area contributed by atoms with Gasteiger partial charge in [-0.25, -0.2) is 9.78 Å². The minimum absolute atomic E-state index is 0.104. The van der Waals surface area contributed by atoms with E-state index in [2.05, 4.69) is 10.3 Å². The molecular formula is C16H19N3O2S. The minimum Gasteiger partial charge on any atom is -0.396 e. The predicted molar refractivity (Wildman–Crippen MR) is 88.1 cm³/mol. The van der Waals surface area contributed by atoms with Crippen LogP contribution in [0.25, 0.3) is 11.3 Å². The summed E-state index contributed by atoms with van der Waals surface area (Å²) in [5, 5.41) is 15.1. The largest absolute Gasteiger partial charge is 0.396 e. The Balaban J connectivity index is 1.62. The van der Waals surface area contributed by atoms with Crippen LogP contribution in [0.15, 0.2) is 29.6 Å². The SMILES string of the molecule is Cc1nc(-c2ccc(NC(=O)N3CCC(CO)C3)cc2)cs1. The zero-order chi connectivity index (χ0) is 15.5. The highest BCUT2D eigenvalue weighted by molar-refractivity contribution is 7.09. The summed E-state index contributed by atoms with van der Waals surface area (Å²) in [5.41, 5.74) is 2.78. The highest BCUT2D eigenvalue weighted by atomic mass is 32.1. The highest BCUT2D eigenvalue weighted by Gasteiger charge is 2.25. The second kappa shape index (κ2) is 6.46. The maximum atomic E-state index is 12.2. The fraction of sp³-hybridized carbons (Fsp3) is 0.375. The number of amides is 2. The van der Waals surface area contributed by atoms with E-state index >= 15 is 0 Å². The van der Waals surface area contributed by atoms with Gasteiger partial charge in [0.05, 0.1) is 10.7 Å². The molecule has 1 aromatic heterocycles. The van der Waals surface area contributed by atoms with Crippen molar-refractivity contribution >= 4 is 23.1 Å². The van der Waals surface area contributed by atoms with E-state index in [9.17, 15) is 4.79 Å². The van der Waals surface area contributed by atoms with Crippen molar-refractivity contribution in [2.75, 3.05) is 25.0 Å². The quantitative estimate of drug-likeness (QED) is 0.914. The van der Waals surface area contributed by atoms with Crippen molar-refractivity contribution in [2.45, 2.75) is 13.3 Å². The van der Waals surface area contributed by atoms with Crippen LogP contribution < -0.4 is 5.32 Å². The van der Waals surface area contributed by atoms with Gasteiger partial charge >= 0.3 is 6.03 Å². The number of benzene rings is 1. The molecule has 1 atom stereocenters. The van der Waals surface area contributed by atoms with Crippen LogP contribution in [-0.2, 0) is 0 Å². The molecule has 1 saturated heterocycles. The number of hydrogen-bond donors (Lipinski definition) is 2. The highest BCUT2D eigenvalue weighted by Crippen LogP contribution is 2.23. The maximum Gasteiger partial charge on any atom is 0.321 e. The normalized spacial score (nSPS) is 17.7. The van der Waals surface area contributed by atoms with Gasteiger partial charge in [-0.3, -0.25) is 0 Å². The van der Waals surface area contributed by atoms with E-state index in [1.165, 1.54) is 0 Å². The molecule has 0 bridgehead atoms. The molecule has 0 saturated carbocycles. The van der Waals surface area contributed by atoms with Gasteiger partial charge in [-0.05, 0) is 25.5 Å². The molecule has 2 amide bonds. The smallest absolute Gasteiger partial charge is 0.321 e. The summed E-state index contributed by atoms with van der Waals surface area (Å²) < 4.78 is 0. The molecule has 0 spiro atoms. The van der Waals surface area contributed by atoms with E-state index in [-0.39, 0.29) is 18.6 Å². The van der Waals surface area contributed by atoms with E-state index in [0.717, 1.165) is 28.4 Å². The van der Waals surface area contributed by atoms with Crippen molar-refractivity contribution in [1.29, 1.82) is 0 Å². The van der Waals surface area contributed by atoms with Gasteiger partial charge in [-0.1, -0.05) is 12.1 Å². The van der Waals surface area contributed by atoms with Gasteiger partial charge in [-0.2, -0.15) is 0 Å². The molecule has 5 nitrogen and oxygen atoms in total. The number of aryl methyl sites for hydroxylation is 1. The molecule has 22 heavy (non-hydrogen) atoms. The topological polar surface area (TPSA) is 65.5 Å². The maximum absolute atomic E-state index is 12.2. The van der Waals surface area contributed by atoms with Crippen molar-refractivity contribution in [1.82, 2.24) is 9.88 Å². The summed E-state index contributed by atoms with van der Waals surface area (Å²) in [6, 6.07) is 7.60. The number of nitrogens with one attached hydrogen (secondary N) is 1. The average Bonchev–Trinajstić information content (AvgIpc) is 3.17. The van der Waals surface area contributed by atoms with Gasteiger partial charge in [0.2, 0.25) is 0 Å². The van der Waals surface area contributed by atoms with E-state index in [1.54, 1.807) is 16.2 Å². The van der Waals surface area contributed by atoms with Crippen LogP contribution in [0.4, 0.5) is 10.5 Å². The number of hydrogen-bond acceptors (Lipinski definition) is 4. The molecule has 0 aliphatic carbocycles.